The van der Waals surface area contributed by atoms with Gasteiger partial charge in [-0.2, -0.15) is 0 Å². The normalized spacial score (nSPS) is 17.6. The first-order valence-electron chi connectivity index (χ1n) is 8.19. The van der Waals surface area contributed by atoms with Crippen molar-refractivity contribution in [1.29, 1.82) is 0 Å². The number of aromatic nitrogens is 2. The molecule has 0 bridgehead atoms. The molecule has 1 atom stereocenters. The first-order valence-corrected chi connectivity index (χ1v) is 8.19. The lowest BCUT2D eigenvalue weighted by Crippen LogP contribution is -2.42. The lowest BCUT2D eigenvalue weighted by molar-refractivity contribution is -0.0246. The summed E-state index contributed by atoms with van der Waals surface area (Å²) in [6, 6.07) is 14.9. The standard InChI is InChI=1S/C19H18N4O2/c20-18-5-1-4-16(22-18)17-12-23(9-10-25-17)19(24)14-6-7-15-13(11-14)3-2-8-21-15/h1-8,11,17H,9-10,12H2,(H2,20,22)/t17-/m0/s1. The fourth-order valence-corrected chi connectivity index (χ4v) is 3.05. The zero-order valence-corrected chi connectivity index (χ0v) is 13.6. The molecule has 0 aliphatic carbocycles. The van der Waals surface area contributed by atoms with Crippen molar-refractivity contribution in [1.82, 2.24) is 14.9 Å². The molecule has 0 unspecified atom stereocenters. The second-order valence-electron chi connectivity index (χ2n) is 6.01. The van der Waals surface area contributed by atoms with Gasteiger partial charge in [0.15, 0.2) is 0 Å². The van der Waals surface area contributed by atoms with E-state index in [0.29, 0.717) is 31.1 Å². The van der Waals surface area contributed by atoms with Gasteiger partial charge in [0.25, 0.3) is 5.91 Å². The Hall–Kier alpha value is -2.99. The highest BCUT2D eigenvalue weighted by Crippen LogP contribution is 2.23. The number of benzene rings is 1. The molecule has 126 valence electrons. The van der Waals surface area contributed by atoms with E-state index in [0.717, 1.165) is 16.6 Å². The van der Waals surface area contributed by atoms with Crippen molar-refractivity contribution in [2.24, 2.45) is 0 Å². The topological polar surface area (TPSA) is 81.3 Å². The number of nitrogen functional groups attached to an aromatic ring is 1. The molecule has 6 nitrogen and oxygen atoms in total. The molecule has 1 fully saturated rings. The number of morpholine rings is 1. The number of hydrogen-bond donors (Lipinski definition) is 1. The summed E-state index contributed by atoms with van der Waals surface area (Å²) in [6.07, 6.45) is 1.48. The van der Waals surface area contributed by atoms with Gasteiger partial charge in [0, 0.05) is 23.7 Å². The number of hydrogen-bond acceptors (Lipinski definition) is 5. The van der Waals surface area contributed by atoms with Crippen LogP contribution in [0.1, 0.15) is 22.2 Å². The molecule has 25 heavy (non-hydrogen) atoms. The Morgan fingerprint density at radius 3 is 3.00 bits per heavy atom. The van der Waals surface area contributed by atoms with Gasteiger partial charge in [-0.3, -0.25) is 9.78 Å². The Kier molecular flexibility index (Phi) is 4.03. The monoisotopic (exact) mass is 334 g/mol. The molecule has 0 radical (unpaired) electrons. The maximum Gasteiger partial charge on any atom is 0.254 e. The number of amides is 1. The number of carbonyl (C=O) groups excluding carboxylic acids is 1. The molecule has 2 aromatic heterocycles. The van der Waals surface area contributed by atoms with Crippen molar-refractivity contribution in [3.8, 4) is 0 Å². The van der Waals surface area contributed by atoms with Crippen LogP contribution in [0.5, 0.6) is 0 Å². The smallest absolute Gasteiger partial charge is 0.254 e. The third-order valence-electron chi connectivity index (χ3n) is 4.33. The molecule has 3 aromatic rings. The Bertz CT molecular complexity index is 928. The predicted molar refractivity (Wildman–Crippen MR) is 95.0 cm³/mol. The number of ether oxygens (including phenoxy) is 1. The van der Waals surface area contributed by atoms with E-state index in [-0.39, 0.29) is 12.0 Å². The minimum Gasteiger partial charge on any atom is -0.384 e. The second kappa shape index (κ2) is 6.49. The van der Waals surface area contributed by atoms with E-state index in [9.17, 15) is 4.79 Å². The van der Waals surface area contributed by atoms with Crippen LogP contribution in [0.2, 0.25) is 0 Å². The second-order valence-corrected chi connectivity index (χ2v) is 6.01. The van der Waals surface area contributed by atoms with Crippen LogP contribution < -0.4 is 5.73 Å². The minimum atomic E-state index is -0.261. The van der Waals surface area contributed by atoms with Crippen molar-refractivity contribution in [2.45, 2.75) is 6.10 Å². The molecule has 6 heteroatoms. The van der Waals surface area contributed by atoms with Crippen LogP contribution >= 0.6 is 0 Å². The molecule has 2 N–H and O–H groups in total. The van der Waals surface area contributed by atoms with E-state index in [1.165, 1.54) is 0 Å². The molecular weight excluding hydrogens is 316 g/mol. The minimum absolute atomic E-state index is 0.0112. The average molecular weight is 334 g/mol. The van der Waals surface area contributed by atoms with Gasteiger partial charge in [0.1, 0.15) is 11.9 Å². The Balaban J connectivity index is 1.56. The van der Waals surface area contributed by atoms with Gasteiger partial charge in [-0.15, -0.1) is 0 Å². The summed E-state index contributed by atoms with van der Waals surface area (Å²) in [6.45, 7) is 1.49. The van der Waals surface area contributed by atoms with E-state index < -0.39 is 0 Å². The summed E-state index contributed by atoms with van der Waals surface area (Å²) in [5, 5.41) is 0.954. The third kappa shape index (κ3) is 3.16. The summed E-state index contributed by atoms with van der Waals surface area (Å²) in [5.41, 5.74) is 8.03. The molecular formula is C19H18N4O2. The summed E-state index contributed by atoms with van der Waals surface area (Å²) in [7, 11) is 0. The van der Waals surface area contributed by atoms with Crippen molar-refractivity contribution in [3.05, 3.63) is 66.0 Å². The van der Waals surface area contributed by atoms with Gasteiger partial charge in [0.2, 0.25) is 0 Å². The highest BCUT2D eigenvalue weighted by molar-refractivity contribution is 5.98. The number of nitrogens with zero attached hydrogens (tertiary/aromatic N) is 3. The largest absolute Gasteiger partial charge is 0.384 e. The van der Waals surface area contributed by atoms with Gasteiger partial charge in [-0.05, 0) is 36.4 Å². The van der Waals surface area contributed by atoms with Crippen LogP contribution in [0.15, 0.2) is 54.7 Å². The fourth-order valence-electron chi connectivity index (χ4n) is 3.05. The third-order valence-corrected chi connectivity index (χ3v) is 4.33. The van der Waals surface area contributed by atoms with Crippen LogP contribution in [0.4, 0.5) is 5.82 Å². The lowest BCUT2D eigenvalue weighted by Gasteiger charge is -2.32. The molecule has 4 rings (SSSR count). The lowest BCUT2D eigenvalue weighted by atomic mass is 10.1. The maximum atomic E-state index is 12.9. The molecule has 1 amide bonds. The number of fused-ring (bicyclic) bond motifs is 1. The molecule has 3 heterocycles. The average Bonchev–Trinajstić information content (AvgIpc) is 2.67. The maximum absolute atomic E-state index is 12.9. The van der Waals surface area contributed by atoms with Gasteiger partial charge < -0.3 is 15.4 Å². The number of pyridine rings is 2. The van der Waals surface area contributed by atoms with Crippen molar-refractivity contribution in [2.75, 3.05) is 25.4 Å². The highest BCUT2D eigenvalue weighted by atomic mass is 16.5. The first kappa shape index (κ1) is 15.5. The van der Waals surface area contributed by atoms with E-state index >= 15 is 0 Å². The van der Waals surface area contributed by atoms with Crippen LogP contribution in [-0.4, -0.2) is 40.5 Å². The number of nitrogens with two attached hydrogens (primary N) is 1. The van der Waals surface area contributed by atoms with Crippen LogP contribution in [0.3, 0.4) is 0 Å². The van der Waals surface area contributed by atoms with Crippen molar-refractivity contribution < 1.29 is 9.53 Å². The van der Waals surface area contributed by atoms with Crippen molar-refractivity contribution >= 4 is 22.6 Å². The van der Waals surface area contributed by atoms with Crippen LogP contribution in [0, 0.1) is 0 Å². The Morgan fingerprint density at radius 1 is 1.20 bits per heavy atom. The summed E-state index contributed by atoms with van der Waals surface area (Å²) in [4.78, 5) is 23.3. The predicted octanol–water partition coefficient (Wildman–Crippen LogP) is 2.43. The van der Waals surface area contributed by atoms with E-state index in [1.807, 2.05) is 42.5 Å². The summed E-state index contributed by atoms with van der Waals surface area (Å²) in [5.74, 6) is 0.439. The van der Waals surface area contributed by atoms with E-state index in [1.54, 1.807) is 17.2 Å². The quantitative estimate of drug-likeness (QED) is 0.778. The van der Waals surface area contributed by atoms with Gasteiger partial charge >= 0.3 is 0 Å². The van der Waals surface area contributed by atoms with Gasteiger partial charge in [-0.25, -0.2) is 4.98 Å². The van der Waals surface area contributed by atoms with Crippen LogP contribution in [-0.2, 0) is 4.74 Å². The molecule has 1 aliphatic rings. The number of rotatable bonds is 2. The Morgan fingerprint density at radius 2 is 2.12 bits per heavy atom. The van der Waals surface area contributed by atoms with Crippen LogP contribution in [0.25, 0.3) is 10.9 Å². The fraction of sp³-hybridized carbons (Fsp3) is 0.211. The molecule has 1 saturated heterocycles. The molecule has 1 aromatic carbocycles. The Labute approximate surface area is 145 Å². The van der Waals surface area contributed by atoms with Gasteiger partial charge in [-0.1, -0.05) is 12.1 Å². The van der Waals surface area contributed by atoms with E-state index in [4.69, 9.17) is 10.5 Å². The highest BCUT2D eigenvalue weighted by Gasteiger charge is 2.27. The first-order chi connectivity index (χ1) is 12.2. The molecule has 0 saturated carbocycles. The number of anilines is 1. The van der Waals surface area contributed by atoms with Crippen molar-refractivity contribution in [3.63, 3.8) is 0 Å². The number of carbonyl (C=O) groups is 1. The van der Waals surface area contributed by atoms with E-state index in [2.05, 4.69) is 9.97 Å². The SMILES string of the molecule is Nc1cccc([C@@H]2CN(C(=O)c3ccc4ncccc4c3)CCO2)n1. The zero-order valence-electron chi connectivity index (χ0n) is 13.6. The zero-order chi connectivity index (χ0) is 17.2. The summed E-state index contributed by atoms with van der Waals surface area (Å²) < 4.78 is 5.78. The molecule has 1 aliphatic heterocycles. The van der Waals surface area contributed by atoms with Gasteiger partial charge in [0.05, 0.1) is 24.4 Å². The summed E-state index contributed by atoms with van der Waals surface area (Å²) >= 11 is 0. The molecule has 0 spiro atoms.